The second-order valence-electron chi connectivity index (χ2n) is 13.6. The monoisotopic (exact) mass is 630 g/mol. The van der Waals surface area contributed by atoms with Crippen molar-refractivity contribution in [3.8, 4) is 11.3 Å². The Labute approximate surface area is 276 Å². The van der Waals surface area contributed by atoms with E-state index in [0.717, 1.165) is 22.6 Å². The number of imidazole rings is 1. The number of benzene rings is 3. The predicted molar refractivity (Wildman–Crippen MR) is 183 cm³/mol. The van der Waals surface area contributed by atoms with Gasteiger partial charge in [-0.1, -0.05) is 93.6 Å². The number of hydrazone groups is 1. The van der Waals surface area contributed by atoms with Crippen molar-refractivity contribution in [2.75, 3.05) is 20.1 Å². The Balaban J connectivity index is 1.38. The minimum Gasteiger partial charge on any atom is -0.328 e. The lowest BCUT2D eigenvalue weighted by Crippen LogP contribution is -2.46. The first-order valence-corrected chi connectivity index (χ1v) is 16.3. The first-order valence-electron chi connectivity index (χ1n) is 16.3. The van der Waals surface area contributed by atoms with E-state index in [4.69, 9.17) is 4.98 Å². The summed E-state index contributed by atoms with van der Waals surface area (Å²) in [6.07, 6.45) is 3.02. The van der Waals surface area contributed by atoms with Gasteiger partial charge in [-0.2, -0.15) is 5.10 Å². The van der Waals surface area contributed by atoms with Crippen molar-refractivity contribution >= 4 is 23.4 Å². The molecule has 2 aliphatic rings. The fraction of sp³-hybridized carbons (Fsp3) is 0.342. The Morgan fingerprint density at radius 1 is 0.915 bits per heavy atom. The minimum atomic E-state index is -0.442. The lowest BCUT2D eigenvalue weighted by atomic mass is 9.84. The summed E-state index contributed by atoms with van der Waals surface area (Å²) in [5.41, 5.74) is 3.86. The van der Waals surface area contributed by atoms with Crippen LogP contribution in [-0.4, -0.2) is 74.0 Å². The average molecular weight is 631 g/mol. The van der Waals surface area contributed by atoms with Gasteiger partial charge in [-0.05, 0) is 36.5 Å². The summed E-state index contributed by atoms with van der Waals surface area (Å²) in [7, 11) is 1.89. The highest BCUT2D eigenvalue weighted by Gasteiger charge is 2.41. The van der Waals surface area contributed by atoms with Crippen LogP contribution in [0, 0.1) is 5.41 Å². The van der Waals surface area contributed by atoms with Crippen LogP contribution in [-0.2, 0) is 11.3 Å². The van der Waals surface area contributed by atoms with Gasteiger partial charge >= 0.3 is 0 Å². The van der Waals surface area contributed by atoms with E-state index in [1.807, 2.05) is 65.5 Å². The molecule has 3 amide bonds. The Hall–Kier alpha value is -5.05. The van der Waals surface area contributed by atoms with E-state index in [2.05, 4.69) is 55.7 Å². The first-order chi connectivity index (χ1) is 22.5. The molecule has 0 bridgehead atoms. The number of nitrogens with zero attached hydrogens (tertiary/aromatic N) is 6. The van der Waals surface area contributed by atoms with Crippen molar-refractivity contribution in [2.45, 2.75) is 59.2 Å². The molecule has 47 heavy (non-hydrogen) atoms. The van der Waals surface area contributed by atoms with Crippen LogP contribution in [0.3, 0.4) is 0 Å². The van der Waals surface area contributed by atoms with Gasteiger partial charge in [0.15, 0.2) is 0 Å². The van der Waals surface area contributed by atoms with E-state index in [1.54, 1.807) is 24.3 Å². The number of rotatable bonds is 10. The summed E-state index contributed by atoms with van der Waals surface area (Å²) >= 11 is 0. The molecule has 0 spiro atoms. The van der Waals surface area contributed by atoms with Crippen molar-refractivity contribution < 1.29 is 14.4 Å². The number of imide groups is 1. The number of carbonyl (C=O) groups is 3. The summed E-state index contributed by atoms with van der Waals surface area (Å²) in [5, 5.41) is 6.47. The molecule has 3 heterocycles. The van der Waals surface area contributed by atoms with Gasteiger partial charge in [-0.3, -0.25) is 24.3 Å². The highest BCUT2D eigenvalue weighted by atomic mass is 16.2. The van der Waals surface area contributed by atoms with Gasteiger partial charge in [0, 0.05) is 50.9 Å². The molecule has 1 unspecified atom stereocenters. The van der Waals surface area contributed by atoms with Gasteiger partial charge in [0.1, 0.15) is 11.5 Å². The van der Waals surface area contributed by atoms with E-state index in [0.29, 0.717) is 42.8 Å². The van der Waals surface area contributed by atoms with E-state index in [-0.39, 0.29) is 30.3 Å². The zero-order chi connectivity index (χ0) is 33.3. The maximum Gasteiger partial charge on any atom is 0.270 e. The maximum atomic E-state index is 14.6. The maximum absolute atomic E-state index is 14.6. The Kier molecular flexibility index (Phi) is 8.82. The molecular weight excluding hydrogens is 588 g/mol. The largest absolute Gasteiger partial charge is 0.328 e. The fourth-order valence-electron chi connectivity index (χ4n) is 6.52. The number of hydrogen-bond acceptors (Lipinski definition) is 6. The van der Waals surface area contributed by atoms with Crippen LogP contribution in [0.25, 0.3) is 11.3 Å². The molecule has 0 aliphatic carbocycles. The SMILES string of the molecule is CC1CC(C(=O)N(CCCN2C(=O)c3ccccc3C2=O)[C@@H](c2nc(-c3ccccc3)cn2Cc2ccccc2)C(C)(C)C)=NN1C. The number of hydrogen-bond donors (Lipinski definition) is 0. The molecule has 2 atom stereocenters. The first kappa shape index (κ1) is 31.9. The number of fused-ring (bicyclic) bond motifs is 1. The third-order valence-corrected chi connectivity index (χ3v) is 9.02. The molecule has 0 N–H and O–H groups in total. The van der Waals surface area contributed by atoms with Crippen molar-refractivity contribution in [2.24, 2.45) is 10.5 Å². The molecule has 0 saturated carbocycles. The van der Waals surface area contributed by atoms with Crippen molar-refractivity contribution in [3.63, 3.8) is 0 Å². The summed E-state index contributed by atoms with van der Waals surface area (Å²) in [4.78, 5) is 49.3. The van der Waals surface area contributed by atoms with Gasteiger partial charge in [-0.25, -0.2) is 4.98 Å². The summed E-state index contributed by atoms with van der Waals surface area (Å²) in [5.74, 6) is 0.0306. The second-order valence-corrected chi connectivity index (χ2v) is 13.6. The van der Waals surface area contributed by atoms with Gasteiger partial charge in [-0.15, -0.1) is 0 Å². The minimum absolute atomic E-state index is 0.104. The Morgan fingerprint density at radius 3 is 2.09 bits per heavy atom. The van der Waals surface area contributed by atoms with Crippen LogP contribution in [0.4, 0.5) is 0 Å². The van der Waals surface area contributed by atoms with E-state index in [1.165, 1.54) is 4.90 Å². The van der Waals surface area contributed by atoms with Crippen molar-refractivity contribution in [1.29, 1.82) is 0 Å². The van der Waals surface area contributed by atoms with Gasteiger partial charge in [0.25, 0.3) is 17.7 Å². The lowest BCUT2D eigenvalue weighted by molar-refractivity contribution is -0.129. The molecule has 9 nitrogen and oxygen atoms in total. The molecule has 242 valence electrons. The Morgan fingerprint density at radius 2 is 1.51 bits per heavy atom. The van der Waals surface area contributed by atoms with Crippen LogP contribution < -0.4 is 0 Å². The molecule has 1 aromatic heterocycles. The summed E-state index contributed by atoms with van der Waals surface area (Å²) in [6.45, 7) is 9.51. The topological polar surface area (TPSA) is 91.1 Å². The smallest absolute Gasteiger partial charge is 0.270 e. The second kappa shape index (κ2) is 13.0. The van der Waals surface area contributed by atoms with Crippen LogP contribution in [0.2, 0.25) is 0 Å². The molecule has 6 rings (SSSR count). The van der Waals surface area contributed by atoms with Gasteiger partial charge in [0.05, 0.1) is 22.9 Å². The molecule has 4 aromatic rings. The van der Waals surface area contributed by atoms with Crippen LogP contribution >= 0.6 is 0 Å². The van der Waals surface area contributed by atoms with Gasteiger partial charge < -0.3 is 9.47 Å². The molecule has 9 heteroatoms. The molecule has 0 saturated heterocycles. The standard InChI is InChI=1S/C38H42N6O3/c1-26-23-31(40-41(26)5)37(47)43(21-14-22-44-35(45)29-19-12-13-20-30(29)36(44)46)33(38(2,3)4)34-39-32(28-17-10-7-11-18-28)25-42(34)24-27-15-8-6-9-16-27/h6-13,15-20,25-26,33H,14,21-24H2,1-5H3/t26?,33-/m0/s1. The molecule has 3 aromatic carbocycles. The third kappa shape index (κ3) is 6.48. The van der Waals surface area contributed by atoms with E-state index < -0.39 is 11.5 Å². The molecular formula is C38H42N6O3. The number of aromatic nitrogens is 2. The van der Waals surface area contributed by atoms with Crippen LogP contribution in [0.5, 0.6) is 0 Å². The zero-order valence-corrected chi connectivity index (χ0v) is 27.8. The lowest BCUT2D eigenvalue weighted by Gasteiger charge is -2.40. The Bertz CT molecular complexity index is 1770. The molecule has 2 aliphatic heterocycles. The van der Waals surface area contributed by atoms with E-state index in [9.17, 15) is 14.4 Å². The zero-order valence-electron chi connectivity index (χ0n) is 27.8. The van der Waals surface area contributed by atoms with Crippen molar-refractivity contribution in [1.82, 2.24) is 24.4 Å². The van der Waals surface area contributed by atoms with Crippen molar-refractivity contribution in [3.05, 3.63) is 114 Å². The third-order valence-electron chi connectivity index (χ3n) is 9.02. The average Bonchev–Trinajstić information content (AvgIpc) is 3.70. The number of amides is 3. The molecule has 0 fully saturated rings. The fourth-order valence-corrected chi connectivity index (χ4v) is 6.52. The quantitative estimate of drug-likeness (QED) is 0.192. The van der Waals surface area contributed by atoms with Crippen LogP contribution in [0.1, 0.15) is 78.7 Å². The molecule has 0 radical (unpaired) electrons. The van der Waals surface area contributed by atoms with Crippen LogP contribution in [0.15, 0.2) is 96.2 Å². The van der Waals surface area contributed by atoms with Gasteiger partial charge in [0.2, 0.25) is 0 Å². The predicted octanol–water partition coefficient (Wildman–Crippen LogP) is 6.28. The highest BCUT2D eigenvalue weighted by molar-refractivity contribution is 6.39. The number of carbonyl (C=O) groups excluding carboxylic acids is 3. The summed E-state index contributed by atoms with van der Waals surface area (Å²) < 4.78 is 2.16. The van der Waals surface area contributed by atoms with E-state index >= 15 is 0 Å². The highest BCUT2D eigenvalue weighted by Crippen LogP contribution is 2.40. The normalized spacial score (nSPS) is 16.8. The summed E-state index contributed by atoms with van der Waals surface area (Å²) in [6, 6.07) is 26.9.